The van der Waals surface area contributed by atoms with Gasteiger partial charge in [-0.15, -0.1) is 0 Å². The van der Waals surface area contributed by atoms with Gasteiger partial charge in [0.2, 0.25) is 0 Å². The summed E-state index contributed by atoms with van der Waals surface area (Å²) in [7, 11) is 0. The molecule has 1 aromatic carbocycles. The molecule has 0 spiro atoms. The van der Waals surface area contributed by atoms with Crippen LogP contribution in [0.25, 0.3) is 16.6 Å². The molecule has 6 nitrogen and oxygen atoms in total. The predicted octanol–water partition coefficient (Wildman–Crippen LogP) is 2.01. The summed E-state index contributed by atoms with van der Waals surface area (Å²) >= 11 is 0. The van der Waals surface area contributed by atoms with E-state index in [1.54, 1.807) is 10.6 Å². The molecular formula is C21H20N2O4. The lowest BCUT2D eigenvalue weighted by Gasteiger charge is -2.20. The topological polar surface area (TPSA) is 71.2 Å². The van der Waals surface area contributed by atoms with Crippen LogP contribution in [0.1, 0.15) is 10.5 Å². The summed E-state index contributed by atoms with van der Waals surface area (Å²) < 4.78 is 7.00. The molecular weight excluding hydrogens is 344 g/mol. The van der Waals surface area contributed by atoms with Gasteiger partial charge in [0.15, 0.2) is 0 Å². The number of hydrogen-bond acceptors (Lipinski definition) is 4. The number of nitrogens with zero attached hydrogens (tertiary/aromatic N) is 2. The molecule has 3 heterocycles. The standard InChI is InChI=1S/C21H20N2O4/c24-17-13-22(10-11-27-14-17)21(26)20(25)19-18(15-6-2-1-3-7-15)12-16-8-4-5-9-23(16)19/h1-9,12,17,24H,10-11,13-14H2. The molecule has 1 saturated heterocycles. The number of amides is 1. The van der Waals surface area contributed by atoms with E-state index in [4.69, 9.17) is 4.74 Å². The Bertz CT molecular complexity index is 980. The van der Waals surface area contributed by atoms with Gasteiger partial charge < -0.3 is 19.1 Å². The molecule has 6 heteroatoms. The average molecular weight is 364 g/mol. The van der Waals surface area contributed by atoms with Gasteiger partial charge in [-0.3, -0.25) is 9.59 Å². The highest BCUT2D eigenvalue weighted by atomic mass is 16.5. The maximum Gasteiger partial charge on any atom is 0.296 e. The van der Waals surface area contributed by atoms with E-state index < -0.39 is 17.8 Å². The Morgan fingerprint density at radius 3 is 2.67 bits per heavy atom. The molecule has 1 atom stereocenters. The zero-order valence-corrected chi connectivity index (χ0v) is 14.7. The van der Waals surface area contributed by atoms with Crippen molar-refractivity contribution in [1.82, 2.24) is 9.30 Å². The van der Waals surface area contributed by atoms with E-state index in [9.17, 15) is 14.7 Å². The monoisotopic (exact) mass is 364 g/mol. The normalized spacial score (nSPS) is 17.7. The third-order valence-corrected chi connectivity index (χ3v) is 4.71. The van der Waals surface area contributed by atoms with Gasteiger partial charge in [0.1, 0.15) is 5.69 Å². The van der Waals surface area contributed by atoms with Crippen molar-refractivity contribution in [2.24, 2.45) is 0 Å². The first-order valence-corrected chi connectivity index (χ1v) is 8.90. The van der Waals surface area contributed by atoms with Crippen LogP contribution in [0.15, 0.2) is 60.8 Å². The van der Waals surface area contributed by atoms with Crippen LogP contribution >= 0.6 is 0 Å². The van der Waals surface area contributed by atoms with Gasteiger partial charge in [-0.25, -0.2) is 0 Å². The van der Waals surface area contributed by atoms with E-state index >= 15 is 0 Å². The summed E-state index contributed by atoms with van der Waals surface area (Å²) in [6.07, 6.45) is 0.991. The number of Topliss-reactive ketones (excluding diaryl/α,β-unsaturated/α-hetero) is 1. The number of aliphatic hydroxyl groups excluding tert-OH is 1. The van der Waals surface area contributed by atoms with E-state index in [1.807, 2.05) is 54.6 Å². The van der Waals surface area contributed by atoms with Gasteiger partial charge in [0.05, 0.1) is 19.3 Å². The Morgan fingerprint density at radius 2 is 1.85 bits per heavy atom. The molecule has 0 saturated carbocycles. The molecule has 2 aromatic heterocycles. The highest BCUT2D eigenvalue weighted by Gasteiger charge is 2.30. The third-order valence-electron chi connectivity index (χ3n) is 4.71. The third kappa shape index (κ3) is 3.37. The molecule has 1 unspecified atom stereocenters. The van der Waals surface area contributed by atoms with Crippen molar-refractivity contribution in [3.05, 3.63) is 66.5 Å². The number of carbonyl (C=O) groups excluding carboxylic acids is 2. The second kappa shape index (κ2) is 7.34. The number of ether oxygens (including phenoxy) is 1. The van der Waals surface area contributed by atoms with Gasteiger partial charge in [-0.05, 0) is 23.8 Å². The quantitative estimate of drug-likeness (QED) is 0.570. The Balaban J connectivity index is 1.78. The number of rotatable bonds is 3. The van der Waals surface area contributed by atoms with Crippen LogP contribution in [0.5, 0.6) is 0 Å². The molecule has 27 heavy (non-hydrogen) atoms. The lowest BCUT2D eigenvalue weighted by Crippen LogP contribution is -2.42. The summed E-state index contributed by atoms with van der Waals surface area (Å²) in [5.74, 6) is -1.21. The number of pyridine rings is 1. The molecule has 1 aliphatic rings. The van der Waals surface area contributed by atoms with E-state index in [0.29, 0.717) is 17.9 Å². The van der Waals surface area contributed by atoms with Gasteiger partial charge >= 0.3 is 0 Å². The van der Waals surface area contributed by atoms with Crippen LogP contribution in [0.2, 0.25) is 0 Å². The summed E-state index contributed by atoms with van der Waals surface area (Å²) in [5, 5.41) is 9.89. The van der Waals surface area contributed by atoms with Crippen LogP contribution < -0.4 is 0 Å². The summed E-state index contributed by atoms with van der Waals surface area (Å²) in [6, 6.07) is 17.1. The average Bonchev–Trinajstić information content (AvgIpc) is 2.95. The van der Waals surface area contributed by atoms with Crippen molar-refractivity contribution < 1.29 is 19.4 Å². The molecule has 4 rings (SSSR count). The lowest BCUT2D eigenvalue weighted by atomic mass is 10.0. The number of carbonyl (C=O) groups is 2. The summed E-state index contributed by atoms with van der Waals surface area (Å²) in [6.45, 7) is 0.845. The first-order chi connectivity index (χ1) is 13.1. The fourth-order valence-corrected chi connectivity index (χ4v) is 3.41. The van der Waals surface area contributed by atoms with Gasteiger partial charge in [-0.2, -0.15) is 0 Å². The molecule has 3 aromatic rings. The van der Waals surface area contributed by atoms with Crippen molar-refractivity contribution in [2.75, 3.05) is 26.3 Å². The zero-order valence-electron chi connectivity index (χ0n) is 14.7. The minimum Gasteiger partial charge on any atom is -0.389 e. The molecule has 1 fully saturated rings. The summed E-state index contributed by atoms with van der Waals surface area (Å²) in [5.41, 5.74) is 2.76. The van der Waals surface area contributed by atoms with Gasteiger partial charge in [0.25, 0.3) is 11.7 Å². The highest BCUT2D eigenvalue weighted by Crippen LogP contribution is 2.28. The lowest BCUT2D eigenvalue weighted by molar-refractivity contribution is -0.127. The molecule has 1 aliphatic heterocycles. The van der Waals surface area contributed by atoms with Crippen LogP contribution in [0.3, 0.4) is 0 Å². The van der Waals surface area contributed by atoms with Crippen molar-refractivity contribution in [3.8, 4) is 11.1 Å². The van der Waals surface area contributed by atoms with E-state index in [-0.39, 0.29) is 19.7 Å². The minimum atomic E-state index is -0.790. The van der Waals surface area contributed by atoms with Crippen molar-refractivity contribution >= 4 is 17.2 Å². The molecule has 0 bridgehead atoms. The van der Waals surface area contributed by atoms with Crippen LogP contribution in [0, 0.1) is 0 Å². The smallest absolute Gasteiger partial charge is 0.296 e. The van der Waals surface area contributed by atoms with Gasteiger partial charge in [0, 0.05) is 30.4 Å². The number of benzene rings is 1. The Morgan fingerprint density at radius 1 is 1.07 bits per heavy atom. The van der Waals surface area contributed by atoms with E-state index in [0.717, 1.165) is 11.1 Å². The maximum atomic E-state index is 13.2. The molecule has 1 N–H and O–H groups in total. The van der Waals surface area contributed by atoms with Crippen LogP contribution in [-0.4, -0.2) is 58.5 Å². The fourth-order valence-electron chi connectivity index (χ4n) is 3.41. The molecule has 0 aliphatic carbocycles. The van der Waals surface area contributed by atoms with Crippen molar-refractivity contribution in [2.45, 2.75) is 6.10 Å². The first kappa shape index (κ1) is 17.5. The first-order valence-electron chi connectivity index (χ1n) is 8.90. The summed E-state index contributed by atoms with van der Waals surface area (Å²) in [4.78, 5) is 27.5. The number of ketones is 1. The molecule has 138 valence electrons. The van der Waals surface area contributed by atoms with Crippen LogP contribution in [-0.2, 0) is 9.53 Å². The SMILES string of the molecule is O=C(C(=O)N1CCOCC(O)C1)c1c(-c2ccccc2)cc2ccccn12. The predicted molar refractivity (Wildman–Crippen MR) is 101 cm³/mol. The Hall–Kier alpha value is -2.96. The Labute approximate surface area is 156 Å². The molecule has 1 amide bonds. The van der Waals surface area contributed by atoms with E-state index in [2.05, 4.69) is 0 Å². The van der Waals surface area contributed by atoms with Crippen LogP contribution in [0.4, 0.5) is 0 Å². The molecule has 0 radical (unpaired) electrons. The number of hydrogen-bond donors (Lipinski definition) is 1. The second-order valence-electron chi connectivity index (χ2n) is 6.58. The van der Waals surface area contributed by atoms with Gasteiger partial charge in [-0.1, -0.05) is 36.4 Å². The largest absolute Gasteiger partial charge is 0.389 e. The van der Waals surface area contributed by atoms with Crippen molar-refractivity contribution in [1.29, 1.82) is 0 Å². The highest BCUT2D eigenvalue weighted by molar-refractivity contribution is 6.43. The van der Waals surface area contributed by atoms with E-state index in [1.165, 1.54) is 4.90 Å². The zero-order chi connectivity index (χ0) is 18.8. The number of β-amino-alcohol motifs (C(OH)–C–C–N with tert-alkyl or cyclic N) is 1. The second-order valence-corrected chi connectivity index (χ2v) is 6.58. The fraction of sp³-hybridized carbons (Fsp3) is 0.238. The minimum absolute atomic E-state index is 0.0918. The number of aromatic nitrogens is 1. The Kier molecular flexibility index (Phi) is 4.75. The van der Waals surface area contributed by atoms with Crippen molar-refractivity contribution in [3.63, 3.8) is 0 Å². The number of aliphatic hydroxyl groups is 1. The maximum absolute atomic E-state index is 13.2. The number of fused-ring (bicyclic) bond motifs is 1.